The molecule has 2 aromatic heterocycles. The zero-order chi connectivity index (χ0) is 26.3. The van der Waals surface area contributed by atoms with Crippen molar-refractivity contribution in [1.29, 1.82) is 0 Å². The first-order valence-corrected chi connectivity index (χ1v) is 14.0. The molecule has 38 heavy (non-hydrogen) atoms. The average molecular weight is 549 g/mol. The smallest absolute Gasteiger partial charge is 0.254 e. The summed E-state index contributed by atoms with van der Waals surface area (Å²) in [6, 6.07) is 16.3. The zero-order valence-electron chi connectivity index (χ0n) is 20.6. The zero-order valence-corrected chi connectivity index (χ0v) is 22.3. The number of carbonyl (C=O) groups excluding carboxylic acids is 2. The molecule has 2 aliphatic rings. The van der Waals surface area contributed by atoms with Gasteiger partial charge in [-0.25, -0.2) is 4.39 Å². The Labute approximate surface area is 227 Å². The Morgan fingerprint density at radius 1 is 1.13 bits per heavy atom. The maximum Gasteiger partial charge on any atom is 0.254 e. The van der Waals surface area contributed by atoms with Crippen molar-refractivity contribution in [2.24, 2.45) is 5.41 Å². The quantitative estimate of drug-likeness (QED) is 0.370. The van der Waals surface area contributed by atoms with Gasteiger partial charge in [-0.05, 0) is 60.4 Å². The van der Waals surface area contributed by atoms with Gasteiger partial charge in [0, 0.05) is 34.3 Å². The third-order valence-corrected chi connectivity index (χ3v) is 9.12. The molecule has 1 N–H and O–H groups in total. The van der Waals surface area contributed by atoms with Crippen LogP contribution in [-0.2, 0) is 16.0 Å². The SMILES string of the molecule is CC1(C(=O)Nc2nncs2)Cc2sc(-c3ccc(C(=O)N4CCOCC4)cc3)cc2C1c1cccc(F)c1. The van der Waals surface area contributed by atoms with Crippen LogP contribution in [0.1, 0.15) is 39.2 Å². The normalized spacial score (nSPS) is 20.8. The first kappa shape index (κ1) is 24.8. The first-order chi connectivity index (χ1) is 18.4. The number of anilines is 1. The van der Waals surface area contributed by atoms with E-state index in [0.717, 1.165) is 26.4 Å². The summed E-state index contributed by atoms with van der Waals surface area (Å²) < 4.78 is 19.7. The predicted molar refractivity (Wildman–Crippen MR) is 145 cm³/mol. The topological polar surface area (TPSA) is 84.4 Å². The third kappa shape index (κ3) is 4.53. The Morgan fingerprint density at radius 2 is 1.92 bits per heavy atom. The van der Waals surface area contributed by atoms with Crippen molar-refractivity contribution in [3.05, 3.63) is 87.5 Å². The summed E-state index contributed by atoms with van der Waals surface area (Å²) in [5.41, 5.74) is 4.18. The number of nitrogens with zero attached hydrogens (tertiary/aromatic N) is 3. The molecule has 1 fully saturated rings. The highest BCUT2D eigenvalue weighted by Crippen LogP contribution is 2.55. The Kier molecular flexibility index (Phi) is 6.55. The molecule has 1 aliphatic heterocycles. The summed E-state index contributed by atoms with van der Waals surface area (Å²) in [6.45, 7) is 4.26. The molecular weight excluding hydrogens is 523 g/mol. The summed E-state index contributed by atoms with van der Waals surface area (Å²) in [5, 5.41) is 11.1. The van der Waals surface area contributed by atoms with Gasteiger partial charge in [-0.1, -0.05) is 35.6 Å². The van der Waals surface area contributed by atoms with Crippen LogP contribution in [0.2, 0.25) is 0 Å². The van der Waals surface area contributed by atoms with Gasteiger partial charge < -0.3 is 15.0 Å². The molecular formula is C28H25FN4O3S2. The lowest BCUT2D eigenvalue weighted by atomic mass is 9.73. The van der Waals surface area contributed by atoms with Gasteiger partial charge >= 0.3 is 0 Å². The highest BCUT2D eigenvalue weighted by Gasteiger charge is 2.50. The minimum Gasteiger partial charge on any atom is -0.378 e. The van der Waals surface area contributed by atoms with Gasteiger partial charge in [-0.2, -0.15) is 0 Å². The molecule has 2 aromatic carbocycles. The summed E-state index contributed by atoms with van der Waals surface area (Å²) in [4.78, 5) is 30.3. The number of benzene rings is 2. The first-order valence-electron chi connectivity index (χ1n) is 12.4. The maximum atomic E-state index is 14.3. The standard InChI is InChI=1S/C28H25FN4O3S2/c1-28(26(35)31-27-32-30-16-37-27)15-23-21(24(28)19-3-2-4-20(29)13-19)14-22(38-23)17-5-7-18(8-6-17)25(34)33-9-11-36-12-10-33/h2-8,13-14,16,24H,9-12,15H2,1H3,(H,31,32,35). The van der Waals surface area contributed by atoms with E-state index in [-0.39, 0.29) is 23.5 Å². The number of thiophene rings is 1. The highest BCUT2D eigenvalue weighted by molar-refractivity contribution is 7.15. The fourth-order valence-corrected chi connectivity index (χ4v) is 7.20. The molecule has 1 saturated heterocycles. The number of amides is 2. The lowest BCUT2D eigenvalue weighted by molar-refractivity contribution is -0.125. The fourth-order valence-electron chi connectivity index (χ4n) is 5.38. The molecule has 0 bridgehead atoms. The number of fused-ring (bicyclic) bond motifs is 1. The predicted octanol–water partition coefficient (Wildman–Crippen LogP) is 5.21. The monoisotopic (exact) mass is 548 g/mol. The number of halogens is 1. The van der Waals surface area contributed by atoms with Crippen LogP contribution in [0.15, 0.2) is 60.1 Å². The van der Waals surface area contributed by atoms with Crippen molar-refractivity contribution in [2.45, 2.75) is 19.3 Å². The van der Waals surface area contributed by atoms with Gasteiger partial charge in [-0.3, -0.25) is 9.59 Å². The van der Waals surface area contributed by atoms with Crippen LogP contribution in [0.25, 0.3) is 10.4 Å². The third-order valence-electron chi connectivity index (χ3n) is 7.31. The van der Waals surface area contributed by atoms with Crippen molar-refractivity contribution in [3.63, 3.8) is 0 Å². The van der Waals surface area contributed by atoms with Gasteiger partial charge in [0.05, 0.1) is 18.6 Å². The molecule has 4 aromatic rings. The number of morpholine rings is 1. The number of ether oxygens (including phenoxy) is 1. The van der Waals surface area contributed by atoms with E-state index in [1.54, 1.807) is 22.9 Å². The van der Waals surface area contributed by atoms with E-state index in [1.807, 2.05) is 42.2 Å². The second kappa shape index (κ2) is 10.0. The Bertz CT molecular complexity index is 1480. The minimum absolute atomic E-state index is 0.0110. The van der Waals surface area contributed by atoms with Crippen LogP contribution in [0.3, 0.4) is 0 Å². The molecule has 2 amide bonds. The van der Waals surface area contributed by atoms with Crippen molar-refractivity contribution >= 4 is 39.6 Å². The highest BCUT2D eigenvalue weighted by atomic mass is 32.1. The number of carbonyl (C=O) groups is 2. The molecule has 0 spiro atoms. The van der Waals surface area contributed by atoms with E-state index in [4.69, 9.17) is 4.74 Å². The summed E-state index contributed by atoms with van der Waals surface area (Å²) in [6.07, 6.45) is 0.520. The van der Waals surface area contributed by atoms with E-state index in [0.29, 0.717) is 43.4 Å². The molecule has 194 valence electrons. The molecule has 2 atom stereocenters. The number of hydrogen-bond acceptors (Lipinski definition) is 7. The van der Waals surface area contributed by atoms with E-state index in [9.17, 15) is 14.0 Å². The van der Waals surface area contributed by atoms with Crippen molar-refractivity contribution in [1.82, 2.24) is 15.1 Å². The summed E-state index contributed by atoms with van der Waals surface area (Å²) in [7, 11) is 0. The van der Waals surface area contributed by atoms with E-state index >= 15 is 0 Å². The summed E-state index contributed by atoms with van der Waals surface area (Å²) in [5.74, 6) is -0.816. The van der Waals surface area contributed by atoms with E-state index in [1.165, 1.54) is 23.5 Å². The van der Waals surface area contributed by atoms with Crippen LogP contribution < -0.4 is 5.32 Å². The van der Waals surface area contributed by atoms with Crippen LogP contribution in [0, 0.1) is 11.2 Å². The molecule has 6 rings (SSSR count). The fraction of sp³-hybridized carbons (Fsp3) is 0.286. The Balaban J connectivity index is 1.31. The second-order valence-electron chi connectivity index (χ2n) is 9.75. The molecule has 0 radical (unpaired) electrons. The summed E-state index contributed by atoms with van der Waals surface area (Å²) >= 11 is 2.90. The second-order valence-corrected chi connectivity index (χ2v) is 11.7. The lowest BCUT2D eigenvalue weighted by Crippen LogP contribution is -2.40. The molecule has 3 heterocycles. The Hall–Kier alpha value is -3.47. The van der Waals surface area contributed by atoms with Gasteiger partial charge in [-0.15, -0.1) is 21.5 Å². The average Bonchev–Trinajstić information content (AvgIpc) is 3.65. The van der Waals surface area contributed by atoms with Crippen LogP contribution in [0.5, 0.6) is 0 Å². The molecule has 2 unspecified atom stereocenters. The van der Waals surface area contributed by atoms with Gasteiger partial charge in [0.1, 0.15) is 11.3 Å². The largest absolute Gasteiger partial charge is 0.378 e. The van der Waals surface area contributed by atoms with Crippen molar-refractivity contribution < 1.29 is 18.7 Å². The molecule has 7 nitrogen and oxygen atoms in total. The number of aromatic nitrogens is 2. The van der Waals surface area contributed by atoms with Gasteiger partial charge in [0.2, 0.25) is 11.0 Å². The number of hydrogen-bond donors (Lipinski definition) is 1. The van der Waals surface area contributed by atoms with E-state index < -0.39 is 5.41 Å². The van der Waals surface area contributed by atoms with Crippen LogP contribution >= 0.6 is 22.7 Å². The van der Waals surface area contributed by atoms with E-state index in [2.05, 4.69) is 21.6 Å². The molecule has 10 heteroatoms. The van der Waals surface area contributed by atoms with Crippen LogP contribution in [-0.4, -0.2) is 53.2 Å². The number of rotatable bonds is 5. The lowest BCUT2D eigenvalue weighted by Gasteiger charge is -2.31. The minimum atomic E-state index is -0.826. The number of nitrogens with one attached hydrogen (secondary N) is 1. The Morgan fingerprint density at radius 3 is 2.63 bits per heavy atom. The van der Waals surface area contributed by atoms with Gasteiger partial charge in [0.25, 0.3) is 5.91 Å². The molecule has 1 aliphatic carbocycles. The maximum absolute atomic E-state index is 14.3. The van der Waals surface area contributed by atoms with Crippen LogP contribution in [0.4, 0.5) is 9.52 Å². The van der Waals surface area contributed by atoms with Crippen molar-refractivity contribution in [3.8, 4) is 10.4 Å². The van der Waals surface area contributed by atoms with Gasteiger partial charge in [0.15, 0.2) is 0 Å². The molecule has 0 saturated carbocycles. The van der Waals surface area contributed by atoms with Crippen molar-refractivity contribution in [2.75, 3.05) is 31.6 Å².